The second-order valence-corrected chi connectivity index (χ2v) is 4.26. The van der Waals surface area contributed by atoms with E-state index in [1.165, 1.54) is 5.56 Å². The third-order valence-electron chi connectivity index (χ3n) is 2.94. The highest BCUT2D eigenvalue weighted by Gasteiger charge is 2.11. The predicted octanol–water partition coefficient (Wildman–Crippen LogP) is 2.17. The van der Waals surface area contributed by atoms with Crippen LogP contribution in [-0.2, 0) is 0 Å². The first-order valence-corrected chi connectivity index (χ1v) is 5.99. The average molecular weight is 293 g/mol. The molecule has 104 valence electrons. The Morgan fingerprint density at radius 2 is 2.00 bits per heavy atom. The molecule has 1 aliphatic rings. The van der Waals surface area contributed by atoms with Gasteiger partial charge in [0.15, 0.2) is 0 Å². The van der Waals surface area contributed by atoms with Gasteiger partial charge in [-0.3, -0.25) is 0 Å². The molecule has 1 fully saturated rings. The van der Waals surface area contributed by atoms with Gasteiger partial charge in [-0.15, -0.1) is 24.8 Å². The van der Waals surface area contributed by atoms with Crippen LogP contribution in [-0.4, -0.2) is 32.3 Å². The summed E-state index contributed by atoms with van der Waals surface area (Å²) in [6, 6.07) is 8.72. The minimum absolute atomic E-state index is 0. The van der Waals surface area contributed by atoms with Gasteiger partial charge in [0.1, 0.15) is 5.75 Å². The highest BCUT2D eigenvalue weighted by molar-refractivity contribution is 5.85. The van der Waals surface area contributed by atoms with Gasteiger partial charge in [-0.05, 0) is 25.0 Å². The Labute approximate surface area is 121 Å². The van der Waals surface area contributed by atoms with Gasteiger partial charge in [-0.25, -0.2) is 0 Å². The van der Waals surface area contributed by atoms with Crippen LogP contribution in [0.2, 0.25) is 0 Å². The summed E-state index contributed by atoms with van der Waals surface area (Å²) in [6.07, 6.45) is 1.06. The summed E-state index contributed by atoms with van der Waals surface area (Å²) in [5.41, 5.74) is 1.21. The Hall–Kier alpha value is -0.480. The van der Waals surface area contributed by atoms with Crippen LogP contribution >= 0.6 is 24.8 Å². The van der Waals surface area contributed by atoms with E-state index in [1.54, 1.807) is 0 Å². The third-order valence-corrected chi connectivity index (χ3v) is 2.94. The van der Waals surface area contributed by atoms with Crippen molar-refractivity contribution in [2.24, 2.45) is 0 Å². The maximum Gasteiger partial charge on any atom is 0.122 e. The van der Waals surface area contributed by atoms with Crippen molar-refractivity contribution in [3.63, 3.8) is 0 Å². The largest absolute Gasteiger partial charge is 0.493 e. The van der Waals surface area contributed by atoms with Crippen molar-refractivity contribution >= 4 is 24.8 Å². The van der Waals surface area contributed by atoms with Gasteiger partial charge in [-0.2, -0.15) is 0 Å². The molecule has 18 heavy (non-hydrogen) atoms. The summed E-state index contributed by atoms with van der Waals surface area (Å²) >= 11 is 0. The summed E-state index contributed by atoms with van der Waals surface area (Å²) in [7, 11) is 0. The van der Waals surface area contributed by atoms with Crippen LogP contribution in [0.5, 0.6) is 5.75 Å². The van der Waals surface area contributed by atoms with E-state index in [9.17, 15) is 0 Å². The number of hydrogen-bond acceptors (Lipinski definition) is 3. The number of halogens is 2. The Kier molecular flexibility index (Phi) is 9.20. The van der Waals surface area contributed by atoms with Crippen molar-refractivity contribution in [2.75, 3.05) is 26.2 Å². The lowest BCUT2D eigenvalue weighted by molar-refractivity contribution is 0.272. The van der Waals surface area contributed by atoms with Crippen molar-refractivity contribution in [2.45, 2.75) is 19.4 Å². The first-order valence-electron chi connectivity index (χ1n) is 5.99. The summed E-state index contributed by atoms with van der Waals surface area (Å²) in [5.74, 6) is 1.01. The third kappa shape index (κ3) is 5.44. The molecule has 1 saturated heterocycles. The van der Waals surface area contributed by atoms with Crippen LogP contribution in [0.3, 0.4) is 0 Å². The van der Waals surface area contributed by atoms with Crippen molar-refractivity contribution in [1.82, 2.24) is 10.6 Å². The SMILES string of the molecule is Cc1ccccc1OCCC1CNCCN1.Cl.Cl. The van der Waals surface area contributed by atoms with Crippen LogP contribution in [0.4, 0.5) is 0 Å². The number of piperazine rings is 1. The van der Waals surface area contributed by atoms with Gasteiger partial charge >= 0.3 is 0 Å². The van der Waals surface area contributed by atoms with Gasteiger partial charge in [0, 0.05) is 25.7 Å². The number of aryl methyl sites for hydroxylation is 1. The number of para-hydroxylation sites is 1. The minimum Gasteiger partial charge on any atom is -0.493 e. The maximum atomic E-state index is 5.77. The van der Waals surface area contributed by atoms with Crippen molar-refractivity contribution in [1.29, 1.82) is 0 Å². The molecular weight excluding hydrogens is 271 g/mol. The smallest absolute Gasteiger partial charge is 0.122 e. The zero-order valence-corrected chi connectivity index (χ0v) is 12.3. The standard InChI is InChI=1S/C13H20N2O.2ClH/c1-11-4-2-3-5-13(11)16-9-6-12-10-14-7-8-15-12;;/h2-5,12,14-15H,6-10H2,1H3;2*1H. The molecule has 1 atom stereocenters. The highest BCUT2D eigenvalue weighted by Crippen LogP contribution is 2.16. The maximum absolute atomic E-state index is 5.77. The Morgan fingerprint density at radius 3 is 2.67 bits per heavy atom. The second-order valence-electron chi connectivity index (χ2n) is 4.26. The van der Waals surface area contributed by atoms with Gasteiger partial charge in [0.05, 0.1) is 6.61 Å². The number of ether oxygens (including phenoxy) is 1. The van der Waals surface area contributed by atoms with E-state index >= 15 is 0 Å². The van der Waals surface area contributed by atoms with Gasteiger partial charge in [-0.1, -0.05) is 18.2 Å². The molecule has 2 N–H and O–H groups in total. The second kappa shape index (κ2) is 9.45. The molecule has 1 aliphatic heterocycles. The summed E-state index contributed by atoms with van der Waals surface area (Å²) in [4.78, 5) is 0. The summed E-state index contributed by atoms with van der Waals surface area (Å²) in [6.45, 7) is 6.06. The molecule has 5 heteroatoms. The molecule has 0 bridgehead atoms. The number of hydrogen-bond donors (Lipinski definition) is 2. The molecule has 0 radical (unpaired) electrons. The van der Waals surface area contributed by atoms with Crippen LogP contribution in [0, 0.1) is 6.92 Å². The zero-order valence-electron chi connectivity index (χ0n) is 10.6. The lowest BCUT2D eigenvalue weighted by atomic mass is 10.2. The molecule has 0 amide bonds. The van der Waals surface area contributed by atoms with Crippen LogP contribution in [0.1, 0.15) is 12.0 Å². The van der Waals surface area contributed by atoms with E-state index < -0.39 is 0 Å². The van der Waals surface area contributed by atoms with Gasteiger partial charge < -0.3 is 15.4 Å². The molecule has 0 aliphatic carbocycles. The fraction of sp³-hybridized carbons (Fsp3) is 0.538. The molecule has 0 saturated carbocycles. The molecule has 1 heterocycles. The van der Waals surface area contributed by atoms with E-state index in [1.807, 2.05) is 18.2 Å². The average Bonchev–Trinajstić information content (AvgIpc) is 2.33. The molecule has 0 aromatic heterocycles. The molecule has 3 nitrogen and oxygen atoms in total. The van der Waals surface area contributed by atoms with E-state index in [0.29, 0.717) is 6.04 Å². The molecule has 2 rings (SSSR count). The number of benzene rings is 1. The monoisotopic (exact) mass is 292 g/mol. The summed E-state index contributed by atoms with van der Waals surface area (Å²) < 4.78 is 5.77. The van der Waals surface area contributed by atoms with Crippen molar-refractivity contribution < 1.29 is 4.74 Å². The van der Waals surface area contributed by atoms with Crippen molar-refractivity contribution in [3.8, 4) is 5.75 Å². The summed E-state index contributed by atoms with van der Waals surface area (Å²) in [5, 5.41) is 6.85. The van der Waals surface area contributed by atoms with E-state index in [-0.39, 0.29) is 24.8 Å². The van der Waals surface area contributed by atoms with Crippen LogP contribution < -0.4 is 15.4 Å². The first-order chi connectivity index (χ1) is 7.86. The van der Waals surface area contributed by atoms with E-state index in [4.69, 9.17) is 4.74 Å². The Bertz CT molecular complexity index is 331. The van der Waals surface area contributed by atoms with Crippen LogP contribution in [0.15, 0.2) is 24.3 Å². The number of rotatable bonds is 4. The molecule has 1 aromatic carbocycles. The van der Waals surface area contributed by atoms with E-state index in [0.717, 1.165) is 38.4 Å². The quantitative estimate of drug-likeness (QED) is 0.892. The zero-order chi connectivity index (χ0) is 11.2. The molecule has 1 unspecified atom stereocenters. The Morgan fingerprint density at radius 1 is 1.22 bits per heavy atom. The minimum atomic E-state index is 0. The van der Waals surface area contributed by atoms with E-state index in [2.05, 4.69) is 23.6 Å². The lowest BCUT2D eigenvalue weighted by Crippen LogP contribution is -2.48. The topological polar surface area (TPSA) is 33.3 Å². The Balaban J connectivity index is 0.00000144. The molecular formula is C13H22Cl2N2O. The van der Waals surface area contributed by atoms with Gasteiger partial charge in [0.2, 0.25) is 0 Å². The fourth-order valence-corrected chi connectivity index (χ4v) is 1.95. The number of nitrogens with one attached hydrogen (secondary N) is 2. The highest BCUT2D eigenvalue weighted by atomic mass is 35.5. The predicted molar refractivity (Wildman–Crippen MR) is 80.4 cm³/mol. The van der Waals surface area contributed by atoms with Crippen molar-refractivity contribution in [3.05, 3.63) is 29.8 Å². The molecule has 0 spiro atoms. The first kappa shape index (κ1) is 17.5. The van der Waals surface area contributed by atoms with Crippen LogP contribution in [0.25, 0.3) is 0 Å². The lowest BCUT2D eigenvalue weighted by Gasteiger charge is -2.24. The fourth-order valence-electron chi connectivity index (χ4n) is 1.95. The van der Waals surface area contributed by atoms with Gasteiger partial charge in [0.25, 0.3) is 0 Å². The molecule has 1 aromatic rings. The normalized spacial score (nSPS) is 18.4.